The zero-order valence-corrected chi connectivity index (χ0v) is 17.8. The maximum absolute atomic E-state index is 12.4. The molecule has 0 aliphatic rings. The number of nitrogens with zero attached hydrogens (tertiary/aromatic N) is 2. The van der Waals surface area contributed by atoms with Gasteiger partial charge in [-0.05, 0) is 24.3 Å². The van der Waals surface area contributed by atoms with Crippen molar-refractivity contribution < 1.29 is 19.5 Å². The predicted octanol–water partition coefficient (Wildman–Crippen LogP) is 1.95. The molecule has 3 rings (SSSR count). The second-order valence-electron chi connectivity index (χ2n) is 6.70. The zero-order chi connectivity index (χ0) is 23.6. The highest BCUT2D eigenvalue weighted by Gasteiger charge is 2.12. The molecule has 10 heteroatoms. The fourth-order valence-corrected chi connectivity index (χ4v) is 2.92. The third-order valence-electron chi connectivity index (χ3n) is 4.45. The molecule has 0 unspecified atom stereocenters. The van der Waals surface area contributed by atoms with Gasteiger partial charge in [0.05, 0.1) is 24.9 Å². The number of ether oxygens (including phenoxy) is 1. The Bertz CT molecular complexity index is 1240. The molecule has 3 aromatic rings. The lowest BCUT2D eigenvalue weighted by molar-refractivity contribution is -0.128. The number of anilines is 3. The van der Waals surface area contributed by atoms with Gasteiger partial charge in [0.25, 0.3) is 5.91 Å². The van der Waals surface area contributed by atoms with Crippen LogP contribution in [0.25, 0.3) is 10.9 Å². The van der Waals surface area contributed by atoms with E-state index in [0.717, 1.165) is 11.3 Å². The molecule has 168 valence electrons. The van der Waals surface area contributed by atoms with Crippen LogP contribution in [0.3, 0.4) is 0 Å². The van der Waals surface area contributed by atoms with Gasteiger partial charge < -0.3 is 20.7 Å². The molecule has 2 aromatic carbocycles. The third-order valence-corrected chi connectivity index (χ3v) is 4.45. The molecule has 0 spiro atoms. The smallest absolute Gasteiger partial charge is 0.257 e. The van der Waals surface area contributed by atoms with Crippen molar-refractivity contribution >= 4 is 39.9 Å². The van der Waals surface area contributed by atoms with Crippen LogP contribution < -0.4 is 26.2 Å². The lowest BCUT2D eigenvalue weighted by atomic mass is 10.1. The summed E-state index contributed by atoms with van der Waals surface area (Å²) in [5, 5.41) is 17.8. The van der Waals surface area contributed by atoms with Crippen molar-refractivity contribution in [1.29, 1.82) is 0 Å². The Kier molecular flexibility index (Phi) is 7.91. The van der Waals surface area contributed by atoms with E-state index >= 15 is 0 Å². The van der Waals surface area contributed by atoms with Crippen molar-refractivity contribution in [1.82, 2.24) is 20.8 Å². The number of hydrogen-bond donors (Lipinski definition) is 5. The molecule has 0 saturated heterocycles. The van der Waals surface area contributed by atoms with E-state index in [1.807, 2.05) is 24.3 Å². The summed E-state index contributed by atoms with van der Waals surface area (Å²) < 4.78 is 5.40. The van der Waals surface area contributed by atoms with Gasteiger partial charge in [-0.15, -0.1) is 6.42 Å². The monoisotopic (exact) mass is 446 g/mol. The number of rotatable bonds is 9. The molecule has 1 aromatic heterocycles. The Morgan fingerprint density at radius 1 is 1.24 bits per heavy atom. The minimum Gasteiger partial charge on any atom is -0.494 e. The van der Waals surface area contributed by atoms with E-state index in [1.54, 1.807) is 18.2 Å². The largest absolute Gasteiger partial charge is 0.494 e. The molecule has 10 nitrogen and oxygen atoms in total. The van der Waals surface area contributed by atoms with Crippen LogP contribution in [0.15, 0.2) is 54.9 Å². The number of fused-ring (bicyclic) bond motifs is 1. The number of benzene rings is 2. The molecule has 2 amide bonds. The summed E-state index contributed by atoms with van der Waals surface area (Å²) in [7, 11) is 1.49. The highest BCUT2D eigenvalue weighted by molar-refractivity contribution is 6.03. The number of carbonyl (C=O) groups excluding carboxylic acids is 2. The van der Waals surface area contributed by atoms with Gasteiger partial charge in [-0.1, -0.05) is 18.1 Å². The Morgan fingerprint density at radius 3 is 2.85 bits per heavy atom. The van der Waals surface area contributed by atoms with Gasteiger partial charge in [0.1, 0.15) is 17.9 Å². The number of carbonyl (C=O) groups is 2. The zero-order valence-electron chi connectivity index (χ0n) is 17.8. The molecule has 33 heavy (non-hydrogen) atoms. The van der Waals surface area contributed by atoms with Crippen LogP contribution in [-0.4, -0.2) is 47.2 Å². The summed E-state index contributed by atoms with van der Waals surface area (Å²) in [4.78, 5) is 31.9. The molecule has 1 heterocycles. The number of nitrogens with one attached hydrogen (secondary N) is 4. The van der Waals surface area contributed by atoms with Gasteiger partial charge >= 0.3 is 0 Å². The summed E-state index contributed by atoms with van der Waals surface area (Å²) in [5.74, 6) is 2.59. The second-order valence-corrected chi connectivity index (χ2v) is 6.70. The Balaban J connectivity index is 1.80. The van der Waals surface area contributed by atoms with Crippen LogP contribution >= 0.6 is 0 Å². The van der Waals surface area contributed by atoms with E-state index in [9.17, 15) is 9.59 Å². The SMILES string of the molecule is C#Cc1cccc(Nc2ncnc3cc(OC)c(NC(=O)/C=C/CNCC(=O)NO)cc23)c1. The quantitative estimate of drug-likeness (QED) is 0.111. The first-order valence-corrected chi connectivity index (χ1v) is 9.81. The molecule has 0 aliphatic carbocycles. The average molecular weight is 446 g/mol. The summed E-state index contributed by atoms with van der Waals surface area (Å²) in [6.07, 6.45) is 9.77. The topological polar surface area (TPSA) is 138 Å². The van der Waals surface area contributed by atoms with Crippen LogP contribution in [0.5, 0.6) is 5.75 Å². The van der Waals surface area contributed by atoms with E-state index in [0.29, 0.717) is 28.2 Å². The van der Waals surface area contributed by atoms with E-state index in [2.05, 4.69) is 31.8 Å². The normalized spacial score (nSPS) is 10.6. The predicted molar refractivity (Wildman–Crippen MR) is 124 cm³/mol. The molecular formula is C23H22N6O4. The van der Waals surface area contributed by atoms with Gasteiger partial charge in [-0.2, -0.15) is 0 Å². The van der Waals surface area contributed by atoms with Crippen LogP contribution in [0.1, 0.15) is 5.56 Å². The molecule has 0 aliphatic heterocycles. The van der Waals surface area contributed by atoms with E-state index in [4.69, 9.17) is 16.4 Å². The number of aromatic nitrogens is 2. The Labute approximate surface area is 190 Å². The fourth-order valence-electron chi connectivity index (χ4n) is 2.92. The third kappa shape index (κ3) is 6.27. The molecular weight excluding hydrogens is 424 g/mol. The van der Waals surface area contributed by atoms with Gasteiger partial charge in [-0.3, -0.25) is 14.8 Å². The first-order chi connectivity index (χ1) is 16.0. The lowest BCUT2D eigenvalue weighted by Gasteiger charge is -2.13. The van der Waals surface area contributed by atoms with Crippen molar-refractivity contribution in [2.24, 2.45) is 0 Å². The van der Waals surface area contributed by atoms with Crippen molar-refractivity contribution in [3.63, 3.8) is 0 Å². The lowest BCUT2D eigenvalue weighted by Crippen LogP contribution is -2.31. The van der Waals surface area contributed by atoms with Gasteiger partial charge in [-0.25, -0.2) is 15.4 Å². The van der Waals surface area contributed by atoms with E-state index in [1.165, 1.54) is 25.0 Å². The second kappa shape index (κ2) is 11.2. The van der Waals surface area contributed by atoms with Crippen molar-refractivity contribution in [2.75, 3.05) is 30.8 Å². The fraction of sp³-hybridized carbons (Fsp3) is 0.130. The molecule has 0 saturated carbocycles. The summed E-state index contributed by atoms with van der Waals surface area (Å²) in [6, 6.07) is 10.8. The number of hydrogen-bond acceptors (Lipinski definition) is 8. The first-order valence-electron chi connectivity index (χ1n) is 9.81. The molecule has 0 bridgehead atoms. The molecule has 0 fully saturated rings. The van der Waals surface area contributed by atoms with E-state index < -0.39 is 11.8 Å². The first kappa shape index (κ1) is 23.2. The molecule has 0 radical (unpaired) electrons. The highest BCUT2D eigenvalue weighted by Crippen LogP contribution is 2.33. The average Bonchev–Trinajstić information content (AvgIpc) is 2.83. The van der Waals surface area contributed by atoms with Gasteiger partial charge in [0.2, 0.25) is 5.91 Å². The number of amides is 2. The maximum atomic E-state index is 12.4. The highest BCUT2D eigenvalue weighted by atomic mass is 16.5. The summed E-state index contributed by atoms with van der Waals surface area (Å²) in [6.45, 7) is 0.176. The van der Waals surface area contributed by atoms with Crippen LogP contribution in [0.4, 0.5) is 17.2 Å². The number of hydroxylamine groups is 1. The summed E-state index contributed by atoms with van der Waals surface area (Å²) in [5.41, 5.74) is 4.05. The Hall–Kier alpha value is -4.46. The summed E-state index contributed by atoms with van der Waals surface area (Å²) >= 11 is 0. The van der Waals surface area contributed by atoms with Gasteiger partial charge in [0.15, 0.2) is 0 Å². The van der Waals surface area contributed by atoms with Crippen molar-refractivity contribution in [3.8, 4) is 18.1 Å². The standard InChI is InChI=1S/C23H22N6O4/c1-3-15-6-4-7-16(10-15)27-23-17-11-19(20(33-2)12-18(17)25-14-26-23)28-21(30)8-5-9-24-13-22(31)29-32/h1,4-8,10-12,14,24,32H,9,13H2,2H3,(H,28,30)(H,29,31)(H,25,26,27)/b8-5+. The number of methoxy groups -OCH3 is 1. The minimum atomic E-state index is -0.577. The molecule has 0 atom stereocenters. The number of terminal acetylenes is 1. The molecule has 5 N–H and O–H groups in total. The Morgan fingerprint density at radius 2 is 2.09 bits per heavy atom. The van der Waals surface area contributed by atoms with Gasteiger partial charge in [0, 0.05) is 35.3 Å². The van der Waals surface area contributed by atoms with E-state index in [-0.39, 0.29) is 13.1 Å². The van der Waals surface area contributed by atoms with Crippen molar-refractivity contribution in [3.05, 3.63) is 60.4 Å². The van der Waals surface area contributed by atoms with Crippen LogP contribution in [0, 0.1) is 12.3 Å². The maximum Gasteiger partial charge on any atom is 0.257 e. The van der Waals surface area contributed by atoms with Crippen LogP contribution in [-0.2, 0) is 9.59 Å². The van der Waals surface area contributed by atoms with Crippen LogP contribution in [0.2, 0.25) is 0 Å². The van der Waals surface area contributed by atoms with Crippen molar-refractivity contribution in [2.45, 2.75) is 0 Å². The minimum absolute atomic E-state index is 0.0824.